The zero-order valence-electron chi connectivity index (χ0n) is 16.7. The van der Waals surface area contributed by atoms with E-state index in [-0.39, 0.29) is 22.6 Å². The molecule has 2 aromatic rings. The Balaban J connectivity index is 1.93. The van der Waals surface area contributed by atoms with Gasteiger partial charge in [-0.25, -0.2) is 18.7 Å². The molecule has 156 valence electrons. The molecule has 0 saturated carbocycles. The smallest absolute Gasteiger partial charge is 0.242 e. The zero-order chi connectivity index (χ0) is 21.0. The Morgan fingerprint density at radius 1 is 1.34 bits per heavy atom. The highest BCUT2D eigenvalue weighted by atomic mass is 19.3. The largest absolute Gasteiger partial charge is 0.383 e. The Morgan fingerprint density at radius 2 is 2.14 bits per heavy atom. The summed E-state index contributed by atoms with van der Waals surface area (Å²) in [5, 5.41) is 3.50. The van der Waals surface area contributed by atoms with Crippen molar-refractivity contribution < 1.29 is 13.6 Å². The first kappa shape index (κ1) is 21.1. The molecule has 3 rings (SSSR count). The average molecular weight is 403 g/mol. The van der Waals surface area contributed by atoms with Gasteiger partial charge >= 0.3 is 0 Å². The number of ketones is 1. The Kier molecular flexibility index (Phi) is 6.74. The second-order valence-electron chi connectivity index (χ2n) is 7.76. The van der Waals surface area contributed by atoms with Crippen LogP contribution >= 0.6 is 0 Å². The number of aromatic nitrogens is 2. The van der Waals surface area contributed by atoms with Gasteiger partial charge in [-0.2, -0.15) is 0 Å². The minimum absolute atomic E-state index is 0.0152. The van der Waals surface area contributed by atoms with Crippen molar-refractivity contribution in [3.8, 4) is 0 Å². The number of pyridine rings is 2. The summed E-state index contributed by atoms with van der Waals surface area (Å²) in [6.07, 6.45) is -0.606. The van der Waals surface area contributed by atoms with Crippen molar-refractivity contribution >= 4 is 17.4 Å². The van der Waals surface area contributed by atoms with Gasteiger partial charge in [-0.3, -0.25) is 4.79 Å². The standard InChI is InChI=1S/C21H27F2N5O/c1-13(2)10-15-12-28(9-8-25-15)18-6-5-14(11-17(22)23)19(27-18)20(29)16-4-3-7-26-21(16)24/h3-7,13,15,17,25H,8-12H2,1-2H3,(H2,24,26)/t15-/m1/s1. The van der Waals surface area contributed by atoms with Crippen molar-refractivity contribution in [1.29, 1.82) is 0 Å². The number of hydrogen-bond acceptors (Lipinski definition) is 6. The van der Waals surface area contributed by atoms with Crippen LogP contribution in [0.1, 0.15) is 41.9 Å². The summed E-state index contributed by atoms with van der Waals surface area (Å²) in [6, 6.07) is 6.74. The fourth-order valence-electron chi connectivity index (χ4n) is 3.68. The zero-order valence-corrected chi connectivity index (χ0v) is 16.7. The van der Waals surface area contributed by atoms with Crippen molar-refractivity contribution in [2.75, 3.05) is 30.3 Å². The predicted octanol–water partition coefficient (Wildman–Crippen LogP) is 2.92. The molecule has 1 saturated heterocycles. The highest BCUT2D eigenvalue weighted by Crippen LogP contribution is 2.23. The van der Waals surface area contributed by atoms with E-state index in [0.29, 0.717) is 17.8 Å². The average Bonchev–Trinajstić information content (AvgIpc) is 2.67. The van der Waals surface area contributed by atoms with Crippen LogP contribution in [-0.4, -0.2) is 47.9 Å². The van der Waals surface area contributed by atoms with Gasteiger partial charge in [0.1, 0.15) is 17.3 Å². The monoisotopic (exact) mass is 403 g/mol. The molecule has 0 bridgehead atoms. The van der Waals surface area contributed by atoms with Gasteiger partial charge in [0.2, 0.25) is 12.2 Å². The maximum Gasteiger partial charge on any atom is 0.242 e. The number of nitrogens with one attached hydrogen (secondary N) is 1. The maximum atomic E-state index is 13.1. The molecule has 0 aliphatic carbocycles. The molecule has 3 heterocycles. The van der Waals surface area contributed by atoms with Crippen LogP contribution in [0, 0.1) is 5.92 Å². The molecule has 1 fully saturated rings. The van der Waals surface area contributed by atoms with Crippen LogP contribution in [0.3, 0.4) is 0 Å². The molecular formula is C21H27F2N5O. The summed E-state index contributed by atoms with van der Waals surface area (Å²) in [5.41, 5.74) is 6.23. The number of halogens is 2. The summed E-state index contributed by atoms with van der Waals surface area (Å²) in [4.78, 5) is 23.6. The molecule has 3 N–H and O–H groups in total. The number of nitrogen functional groups attached to an aromatic ring is 1. The van der Waals surface area contributed by atoms with E-state index in [0.717, 1.165) is 26.1 Å². The minimum atomic E-state index is -2.57. The van der Waals surface area contributed by atoms with Crippen molar-refractivity contribution in [3.63, 3.8) is 0 Å². The molecule has 1 aliphatic rings. The van der Waals surface area contributed by atoms with Gasteiger partial charge in [0.05, 0.1) is 5.56 Å². The Morgan fingerprint density at radius 3 is 2.83 bits per heavy atom. The van der Waals surface area contributed by atoms with E-state index in [1.54, 1.807) is 18.2 Å². The molecule has 0 spiro atoms. The van der Waals surface area contributed by atoms with Crippen LogP contribution in [-0.2, 0) is 6.42 Å². The van der Waals surface area contributed by atoms with E-state index in [1.165, 1.54) is 12.3 Å². The van der Waals surface area contributed by atoms with Gasteiger partial charge in [-0.05, 0) is 36.1 Å². The van der Waals surface area contributed by atoms with E-state index in [1.807, 2.05) is 0 Å². The quantitative estimate of drug-likeness (QED) is 0.692. The lowest BCUT2D eigenvalue weighted by Gasteiger charge is -2.35. The highest BCUT2D eigenvalue weighted by Gasteiger charge is 2.25. The van der Waals surface area contributed by atoms with Gasteiger partial charge in [0.15, 0.2) is 0 Å². The molecule has 8 heteroatoms. The van der Waals surface area contributed by atoms with Crippen LogP contribution in [0.15, 0.2) is 30.5 Å². The molecule has 1 aliphatic heterocycles. The number of piperazine rings is 1. The molecule has 2 aromatic heterocycles. The fourth-order valence-corrected chi connectivity index (χ4v) is 3.68. The third-order valence-electron chi connectivity index (χ3n) is 4.97. The molecule has 1 atom stereocenters. The summed E-state index contributed by atoms with van der Waals surface area (Å²) < 4.78 is 26.2. The minimum Gasteiger partial charge on any atom is -0.383 e. The first-order valence-corrected chi connectivity index (χ1v) is 9.86. The number of alkyl halides is 2. The summed E-state index contributed by atoms with van der Waals surface area (Å²) >= 11 is 0. The normalized spacial score (nSPS) is 17.2. The summed E-state index contributed by atoms with van der Waals surface area (Å²) in [7, 11) is 0. The SMILES string of the molecule is CC(C)C[C@@H]1CN(c2ccc(CC(F)F)c(C(=O)c3cccnc3N)n2)CCN1. The lowest BCUT2D eigenvalue weighted by molar-refractivity contribution is 0.103. The second kappa shape index (κ2) is 9.26. The third-order valence-corrected chi connectivity index (χ3v) is 4.97. The van der Waals surface area contributed by atoms with E-state index in [4.69, 9.17) is 5.73 Å². The van der Waals surface area contributed by atoms with E-state index in [9.17, 15) is 13.6 Å². The van der Waals surface area contributed by atoms with Gasteiger partial charge in [0.25, 0.3) is 0 Å². The molecule has 29 heavy (non-hydrogen) atoms. The van der Waals surface area contributed by atoms with E-state index >= 15 is 0 Å². The Hall–Kier alpha value is -2.61. The number of hydrogen-bond donors (Lipinski definition) is 2. The van der Waals surface area contributed by atoms with Crippen molar-refractivity contribution in [3.05, 3.63) is 47.3 Å². The van der Waals surface area contributed by atoms with Gasteiger partial charge < -0.3 is 16.0 Å². The van der Waals surface area contributed by atoms with Gasteiger partial charge in [-0.1, -0.05) is 19.9 Å². The van der Waals surface area contributed by atoms with Crippen LogP contribution in [0.4, 0.5) is 20.4 Å². The number of rotatable bonds is 7. The van der Waals surface area contributed by atoms with Crippen molar-refractivity contribution in [2.45, 2.75) is 39.2 Å². The maximum absolute atomic E-state index is 13.1. The number of carbonyl (C=O) groups is 1. The van der Waals surface area contributed by atoms with Crippen LogP contribution in [0.5, 0.6) is 0 Å². The van der Waals surface area contributed by atoms with E-state index < -0.39 is 18.6 Å². The summed E-state index contributed by atoms with van der Waals surface area (Å²) in [6.45, 7) is 6.64. The second-order valence-corrected chi connectivity index (χ2v) is 7.76. The van der Waals surface area contributed by atoms with Crippen molar-refractivity contribution in [1.82, 2.24) is 15.3 Å². The van der Waals surface area contributed by atoms with Crippen LogP contribution in [0.2, 0.25) is 0 Å². The third kappa shape index (κ3) is 5.26. The van der Waals surface area contributed by atoms with Gasteiger partial charge in [0, 0.05) is 38.3 Å². The number of carbonyl (C=O) groups excluding carboxylic acids is 1. The Labute approximate surface area is 169 Å². The van der Waals surface area contributed by atoms with Crippen molar-refractivity contribution in [2.24, 2.45) is 5.92 Å². The lowest BCUT2D eigenvalue weighted by Crippen LogP contribution is -2.51. The molecule has 6 nitrogen and oxygen atoms in total. The number of nitrogens with zero attached hydrogens (tertiary/aromatic N) is 3. The van der Waals surface area contributed by atoms with Crippen LogP contribution < -0.4 is 16.0 Å². The summed E-state index contributed by atoms with van der Waals surface area (Å²) in [5.74, 6) is 0.748. The first-order valence-electron chi connectivity index (χ1n) is 9.86. The first-order chi connectivity index (χ1) is 13.8. The highest BCUT2D eigenvalue weighted by molar-refractivity contribution is 6.11. The van der Waals surface area contributed by atoms with Crippen LogP contribution in [0.25, 0.3) is 0 Å². The molecule has 0 amide bonds. The predicted molar refractivity (Wildman–Crippen MR) is 109 cm³/mol. The number of nitrogens with two attached hydrogens (primary N) is 1. The molecule has 0 radical (unpaired) electrons. The Bertz CT molecular complexity index is 859. The number of anilines is 2. The molecule has 0 aromatic carbocycles. The molecule has 0 unspecified atom stereocenters. The van der Waals surface area contributed by atoms with Gasteiger partial charge in [-0.15, -0.1) is 0 Å². The fraction of sp³-hybridized carbons (Fsp3) is 0.476. The van der Waals surface area contributed by atoms with E-state index in [2.05, 4.69) is 34.0 Å². The topological polar surface area (TPSA) is 84.1 Å². The lowest BCUT2D eigenvalue weighted by atomic mass is 10.0. The molecular weight excluding hydrogens is 376 g/mol.